The van der Waals surface area contributed by atoms with Crippen molar-refractivity contribution in [3.05, 3.63) is 34.7 Å². The number of aromatic hydroxyl groups is 1. The van der Waals surface area contributed by atoms with Gasteiger partial charge in [-0.2, -0.15) is 0 Å². The Kier molecular flexibility index (Phi) is 2.22. The highest BCUT2D eigenvalue weighted by Gasteiger charge is 2.40. The predicted molar refractivity (Wildman–Crippen MR) is 66.6 cm³/mol. The lowest BCUT2D eigenvalue weighted by molar-refractivity contribution is -0.0507. The largest absolute Gasteiger partial charge is 0.506 e. The Morgan fingerprint density at radius 3 is 2.83 bits per heavy atom. The van der Waals surface area contributed by atoms with Gasteiger partial charge in [0, 0.05) is 17.5 Å². The lowest BCUT2D eigenvalue weighted by Crippen LogP contribution is -2.45. The number of hydrogen-bond acceptors (Lipinski definition) is 4. The van der Waals surface area contributed by atoms with Gasteiger partial charge in [0.2, 0.25) is 0 Å². The minimum absolute atomic E-state index is 0.0201. The molecule has 0 unspecified atom stereocenters. The SMILES string of the molecule is CC1(O)CC(n2c(=O)ccc3cc(O)cnc32)C1. The Morgan fingerprint density at radius 1 is 1.44 bits per heavy atom. The first-order valence-corrected chi connectivity index (χ1v) is 5.89. The van der Waals surface area contributed by atoms with Crippen LogP contribution < -0.4 is 5.56 Å². The molecule has 0 radical (unpaired) electrons. The third-order valence-corrected chi connectivity index (χ3v) is 3.47. The maximum absolute atomic E-state index is 11.9. The van der Waals surface area contributed by atoms with E-state index in [1.165, 1.54) is 12.3 Å². The number of hydrogen-bond donors (Lipinski definition) is 2. The number of pyridine rings is 2. The van der Waals surface area contributed by atoms with Crippen molar-refractivity contribution in [2.45, 2.75) is 31.4 Å². The van der Waals surface area contributed by atoms with Gasteiger partial charge in [-0.25, -0.2) is 4.98 Å². The van der Waals surface area contributed by atoms with Crippen molar-refractivity contribution >= 4 is 11.0 Å². The molecular formula is C13H14N2O3. The summed E-state index contributed by atoms with van der Waals surface area (Å²) in [6.45, 7) is 1.76. The van der Waals surface area contributed by atoms with Crippen LogP contribution in [-0.2, 0) is 0 Å². The zero-order valence-corrected chi connectivity index (χ0v) is 10.00. The van der Waals surface area contributed by atoms with Crippen LogP contribution in [0.2, 0.25) is 0 Å². The molecule has 2 aromatic heterocycles. The number of aromatic nitrogens is 2. The summed E-state index contributed by atoms with van der Waals surface area (Å²) in [5.74, 6) is 0.0771. The lowest BCUT2D eigenvalue weighted by atomic mass is 9.77. The van der Waals surface area contributed by atoms with Gasteiger partial charge in [-0.3, -0.25) is 9.36 Å². The highest BCUT2D eigenvalue weighted by atomic mass is 16.3. The van der Waals surface area contributed by atoms with E-state index >= 15 is 0 Å². The fraction of sp³-hybridized carbons (Fsp3) is 0.385. The van der Waals surface area contributed by atoms with Crippen molar-refractivity contribution in [3.63, 3.8) is 0 Å². The second-order valence-electron chi connectivity index (χ2n) is 5.21. The summed E-state index contributed by atoms with van der Waals surface area (Å²) in [7, 11) is 0. The van der Waals surface area contributed by atoms with Gasteiger partial charge in [0.15, 0.2) is 0 Å². The van der Waals surface area contributed by atoms with Crippen molar-refractivity contribution in [1.82, 2.24) is 9.55 Å². The molecule has 0 aliphatic heterocycles. The third kappa shape index (κ3) is 1.67. The molecule has 1 aliphatic carbocycles. The monoisotopic (exact) mass is 246 g/mol. The van der Waals surface area contributed by atoms with Gasteiger partial charge in [0.05, 0.1) is 11.8 Å². The van der Waals surface area contributed by atoms with Crippen LogP contribution in [-0.4, -0.2) is 25.4 Å². The number of fused-ring (bicyclic) bond motifs is 1. The van der Waals surface area contributed by atoms with Gasteiger partial charge >= 0.3 is 0 Å². The fourth-order valence-corrected chi connectivity index (χ4v) is 2.62. The van der Waals surface area contributed by atoms with Crippen LogP contribution in [0.15, 0.2) is 29.2 Å². The predicted octanol–water partition coefficient (Wildman–Crippen LogP) is 1.19. The van der Waals surface area contributed by atoms with E-state index in [0.717, 1.165) is 5.39 Å². The first kappa shape index (κ1) is 11.2. The second-order valence-corrected chi connectivity index (χ2v) is 5.21. The highest BCUT2D eigenvalue weighted by Crippen LogP contribution is 2.41. The van der Waals surface area contributed by atoms with E-state index in [-0.39, 0.29) is 17.4 Å². The lowest BCUT2D eigenvalue weighted by Gasteiger charge is -2.41. The van der Waals surface area contributed by atoms with Gasteiger partial charge in [-0.15, -0.1) is 0 Å². The molecular weight excluding hydrogens is 232 g/mol. The zero-order valence-electron chi connectivity index (χ0n) is 10.00. The molecule has 1 saturated carbocycles. The van der Waals surface area contributed by atoms with Crippen molar-refractivity contribution in [2.75, 3.05) is 0 Å². The van der Waals surface area contributed by atoms with E-state index < -0.39 is 5.60 Å². The van der Waals surface area contributed by atoms with Gasteiger partial charge in [-0.05, 0) is 31.9 Å². The molecule has 1 aliphatic rings. The molecule has 3 rings (SSSR count). The van der Waals surface area contributed by atoms with E-state index in [9.17, 15) is 15.0 Å². The maximum atomic E-state index is 11.9. The molecule has 0 atom stereocenters. The summed E-state index contributed by atoms with van der Waals surface area (Å²) in [5.41, 5.74) is -0.259. The fourth-order valence-electron chi connectivity index (χ4n) is 2.62. The highest BCUT2D eigenvalue weighted by molar-refractivity contribution is 5.76. The van der Waals surface area contributed by atoms with Gasteiger partial charge in [0.25, 0.3) is 5.56 Å². The molecule has 5 nitrogen and oxygen atoms in total. The normalized spacial score (nSPS) is 27.1. The Labute approximate surface area is 103 Å². The molecule has 0 aromatic carbocycles. The van der Waals surface area contributed by atoms with Gasteiger partial charge < -0.3 is 10.2 Å². The quantitative estimate of drug-likeness (QED) is 0.792. The van der Waals surface area contributed by atoms with Crippen LogP contribution in [0.4, 0.5) is 0 Å². The van der Waals surface area contributed by atoms with Crippen molar-refractivity contribution < 1.29 is 10.2 Å². The Morgan fingerprint density at radius 2 is 2.17 bits per heavy atom. The summed E-state index contributed by atoms with van der Waals surface area (Å²) in [6, 6.07) is 4.68. The van der Waals surface area contributed by atoms with Crippen LogP contribution in [0.3, 0.4) is 0 Å². The first-order valence-electron chi connectivity index (χ1n) is 5.89. The van der Waals surface area contributed by atoms with E-state index in [4.69, 9.17) is 0 Å². The molecule has 5 heteroatoms. The van der Waals surface area contributed by atoms with E-state index in [1.54, 1.807) is 23.6 Å². The summed E-state index contributed by atoms with van der Waals surface area (Å²) in [4.78, 5) is 16.1. The number of nitrogens with zero attached hydrogens (tertiary/aromatic N) is 2. The van der Waals surface area contributed by atoms with E-state index in [0.29, 0.717) is 18.5 Å². The van der Waals surface area contributed by atoms with Gasteiger partial charge in [-0.1, -0.05) is 0 Å². The van der Waals surface area contributed by atoms with Crippen molar-refractivity contribution in [2.24, 2.45) is 0 Å². The van der Waals surface area contributed by atoms with E-state index in [1.807, 2.05) is 0 Å². The van der Waals surface area contributed by atoms with Crippen LogP contribution in [0, 0.1) is 0 Å². The van der Waals surface area contributed by atoms with Crippen molar-refractivity contribution in [3.8, 4) is 5.75 Å². The summed E-state index contributed by atoms with van der Waals surface area (Å²) < 4.78 is 1.60. The zero-order chi connectivity index (χ0) is 12.9. The second kappa shape index (κ2) is 3.55. The van der Waals surface area contributed by atoms with Crippen LogP contribution >= 0.6 is 0 Å². The summed E-state index contributed by atoms with van der Waals surface area (Å²) in [5, 5.41) is 19.9. The average Bonchev–Trinajstić information content (AvgIpc) is 2.26. The first-order chi connectivity index (χ1) is 8.46. The molecule has 0 amide bonds. The summed E-state index contributed by atoms with van der Waals surface area (Å²) >= 11 is 0. The van der Waals surface area contributed by atoms with Crippen molar-refractivity contribution in [1.29, 1.82) is 0 Å². The molecule has 2 N–H and O–H groups in total. The smallest absolute Gasteiger partial charge is 0.252 e. The molecule has 0 bridgehead atoms. The molecule has 94 valence electrons. The maximum Gasteiger partial charge on any atom is 0.252 e. The Balaban J connectivity index is 2.16. The Hall–Kier alpha value is -1.88. The summed E-state index contributed by atoms with van der Waals surface area (Å²) in [6.07, 6.45) is 2.43. The minimum Gasteiger partial charge on any atom is -0.506 e. The number of aliphatic hydroxyl groups is 1. The van der Waals surface area contributed by atoms with E-state index in [2.05, 4.69) is 4.98 Å². The van der Waals surface area contributed by atoms with Crippen LogP contribution in [0.1, 0.15) is 25.8 Å². The average molecular weight is 246 g/mol. The standard InChI is InChI=1S/C13H14N2O3/c1-13(18)5-9(6-13)15-11(17)3-2-8-4-10(16)7-14-12(8)15/h2-4,7,9,16,18H,5-6H2,1H3. The van der Waals surface area contributed by atoms with Gasteiger partial charge in [0.1, 0.15) is 11.4 Å². The minimum atomic E-state index is -0.691. The Bertz CT molecular complexity index is 667. The molecule has 0 spiro atoms. The number of rotatable bonds is 1. The molecule has 0 saturated heterocycles. The molecule has 1 fully saturated rings. The third-order valence-electron chi connectivity index (χ3n) is 3.47. The van der Waals surface area contributed by atoms with Crippen LogP contribution in [0.5, 0.6) is 5.75 Å². The molecule has 2 heterocycles. The molecule has 18 heavy (non-hydrogen) atoms. The molecule has 2 aromatic rings. The topological polar surface area (TPSA) is 75.4 Å². The van der Waals surface area contributed by atoms with Crippen LogP contribution in [0.25, 0.3) is 11.0 Å².